The molecule has 6 heteroatoms. The first-order valence-electron chi connectivity index (χ1n) is 7.36. The maximum atomic E-state index is 5.93. The minimum absolute atomic E-state index is 0.795. The van der Waals surface area contributed by atoms with Gasteiger partial charge in [-0.25, -0.2) is 4.98 Å². The fourth-order valence-corrected chi connectivity index (χ4v) is 3.39. The monoisotopic (exact) mass is 306 g/mol. The van der Waals surface area contributed by atoms with Crippen LogP contribution in [0.25, 0.3) is 0 Å². The van der Waals surface area contributed by atoms with Crippen LogP contribution in [-0.2, 0) is 13.1 Å². The summed E-state index contributed by atoms with van der Waals surface area (Å²) in [4.78, 5) is 9.20. The Morgan fingerprint density at radius 3 is 2.81 bits per heavy atom. The molecule has 0 spiro atoms. The van der Waals surface area contributed by atoms with Crippen LogP contribution in [0.3, 0.4) is 0 Å². The number of nitrogens with zero attached hydrogens (tertiary/aromatic N) is 3. The Balaban J connectivity index is 1.54. The van der Waals surface area contributed by atoms with Crippen LogP contribution in [-0.4, -0.2) is 43.1 Å². The molecule has 0 aromatic carbocycles. The van der Waals surface area contributed by atoms with Crippen LogP contribution in [0.5, 0.6) is 0 Å². The van der Waals surface area contributed by atoms with Crippen LogP contribution in [0.1, 0.15) is 17.1 Å². The van der Waals surface area contributed by atoms with E-state index in [0.717, 1.165) is 55.9 Å². The third-order valence-electron chi connectivity index (χ3n) is 3.85. The minimum Gasteiger partial charge on any atom is -0.463 e. The summed E-state index contributed by atoms with van der Waals surface area (Å²) >= 11 is 1.72. The minimum atomic E-state index is 0.795. The topological polar surface area (TPSA) is 44.5 Å². The lowest BCUT2D eigenvalue weighted by molar-refractivity contribution is 0.228. The van der Waals surface area contributed by atoms with Crippen molar-refractivity contribution < 1.29 is 4.42 Å². The Labute approximate surface area is 129 Å². The fraction of sp³-hybridized carbons (Fsp3) is 0.533. The Kier molecular flexibility index (Phi) is 4.57. The van der Waals surface area contributed by atoms with Gasteiger partial charge in [-0.3, -0.25) is 4.90 Å². The summed E-state index contributed by atoms with van der Waals surface area (Å²) in [7, 11) is 1.94. The van der Waals surface area contributed by atoms with Crippen LogP contribution in [0.4, 0.5) is 5.13 Å². The molecule has 0 atom stereocenters. The van der Waals surface area contributed by atoms with Gasteiger partial charge in [-0.1, -0.05) is 0 Å². The number of aromatic nitrogens is 1. The average molecular weight is 306 g/mol. The highest BCUT2D eigenvalue weighted by Crippen LogP contribution is 2.21. The predicted molar refractivity (Wildman–Crippen MR) is 85.8 cm³/mol. The summed E-state index contributed by atoms with van der Waals surface area (Å²) in [6, 6.07) is 2.17. The van der Waals surface area contributed by atoms with Gasteiger partial charge in [0, 0.05) is 37.8 Å². The number of nitrogens with one attached hydrogen (secondary N) is 1. The highest BCUT2D eigenvalue weighted by atomic mass is 32.1. The third kappa shape index (κ3) is 3.45. The molecule has 0 saturated carbocycles. The zero-order valence-electron chi connectivity index (χ0n) is 12.6. The molecule has 1 saturated heterocycles. The van der Waals surface area contributed by atoms with Gasteiger partial charge in [0.25, 0.3) is 0 Å². The van der Waals surface area contributed by atoms with Crippen molar-refractivity contribution in [3.8, 4) is 0 Å². The van der Waals surface area contributed by atoms with Gasteiger partial charge >= 0.3 is 0 Å². The van der Waals surface area contributed by atoms with Crippen molar-refractivity contribution in [2.24, 2.45) is 0 Å². The lowest BCUT2D eigenvalue weighted by Gasteiger charge is -2.34. The van der Waals surface area contributed by atoms with Crippen molar-refractivity contribution in [1.82, 2.24) is 15.2 Å². The van der Waals surface area contributed by atoms with Crippen molar-refractivity contribution in [3.05, 3.63) is 34.7 Å². The van der Waals surface area contributed by atoms with Gasteiger partial charge in [-0.05, 0) is 25.6 Å². The highest BCUT2D eigenvalue weighted by Gasteiger charge is 2.20. The van der Waals surface area contributed by atoms with E-state index in [1.165, 1.54) is 5.56 Å². The molecule has 1 fully saturated rings. The summed E-state index contributed by atoms with van der Waals surface area (Å²) in [6.07, 6.45) is 1.88. The first-order chi connectivity index (χ1) is 10.3. The van der Waals surface area contributed by atoms with Gasteiger partial charge < -0.3 is 14.6 Å². The van der Waals surface area contributed by atoms with Crippen LogP contribution in [0, 0.1) is 6.92 Å². The van der Waals surface area contributed by atoms with E-state index in [1.54, 1.807) is 11.3 Å². The number of aryl methyl sites for hydroxylation is 1. The smallest absolute Gasteiger partial charge is 0.185 e. The van der Waals surface area contributed by atoms with Crippen molar-refractivity contribution in [2.45, 2.75) is 20.0 Å². The molecule has 1 aliphatic heterocycles. The number of thiazole rings is 1. The molecular formula is C15H22N4OS. The lowest BCUT2D eigenvalue weighted by Crippen LogP contribution is -2.45. The van der Waals surface area contributed by atoms with Crippen LogP contribution in [0.15, 0.2) is 22.1 Å². The molecule has 0 amide bonds. The maximum absolute atomic E-state index is 5.93. The molecule has 1 aliphatic rings. The van der Waals surface area contributed by atoms with E-state index >= 15 is 0 Å². The summed E-state index contributed by atoms with van der Waals surface area (Å²) in [5.41, 5.74) is 1.24. The summed E-state index contributed by atoms with van der Waals surface area (Å²) in [5, 5.41) is 6.32. The van der Waals surface area contributed by atoms with E-state index in [9.17, 15) is 0 Å². The molecule has 0 radical (unpaired) electrons. The quantitative estimate of drug-likeness (QED) is 0.916. The number of furan rings is 1. The zero-order chi connectivity index (χ0) is 14.7. The van der Waals surface area contributed by atoms with E-state index in [1.807, 2.05) is 18.6 Å². The predicted octanol–water partition coefficient (Wildman–Crippen LogP) is 2.09. The molecule has 21 heavy (non-hydrogen) atoms. The Morgan fingerprint density at radius 2 is 2.14 bits per heavy atom. The van der Waals surface area contributed by atoms with E-state index in [2.05, 4.69) is 33.1 Å². The molecule has 5 nitrogen and oxygen atoms in total. The molecule has 114 valence electrons. The number of hydrogen-bond acceptors (Lipinski definition) is 6. The molecule has 3 heterocycles. The van der Waals surface area contributed by atoms with Gasteiger partial charge in [0.15, 0.2) is 5.13 Å². The molecular weight excluding hydrogens is 284 g/mol. The van der Waals surface area contributed by atoms with Gasteiger partial charge in [0.05, 0.1) is 13.1 Å². The second kappa shape index (κ2) is 6.60. The third-order valence-corrected chi connectivity index (χ3v) is 4.68. The van der Waals surface area contributed by atoms with E-state index in [4.69, 9.17) is 4.42 Å². The highest BCUT2D eigenvalue weighted by molar-refractivity contribution is 7.13. The summed E-state index contributed by atoms with van der Waals surface area (Å²) in [5.74, 6) is 2.12. The molecule has 0 unspecified atom stereocenters. The average Bonchev–Trinajstić information content (AvgIpc) is 3.11. The van der Waals surface area contributed by atoms with Crippen molar-refractivity contribution in [1.29, 1.82) is 0 Å². The molecule has 3 rings (SSSR count). The van der Waals surface area contributed by atoms with Gasteiger partial charge in [-0.2, -0.15) is 0 Å². The van der Waals surface area contributed by atoms with Gasteiger partial charge in [-0.15, -0.1) is 11.3 Å². The fourth-order valence-electron chi connectivity index (χ4n) is 2.69. The molecule has 0 bridgehead atoms. The van der Waals surface area contributed by atoms with Crippen molar-refractivity contribution in [3.63, 3.8) is 0 Å². The van der Waals surface area contributed by atoms with Gasteiger partial charge in [0.2, 0.25) is 0 Å². The van der Waals surface area contributed by atoms with E-state index in [-0.39, 0.29) is 0 Å². The maximum Gasteiger partial charge on any atom is 0.185 e. The molecule has 0 aliphatic carbocycles. The largest absolute Gasteiger partial charge is 0.463 e. The van der Waals surface area contributed by atoms with Crippen molar-refractivity contribution >= 4 is 16.5 Å². The first kappa shape index (κ1) is 14.6. The Hall–Kier alpha value is -1.37. The second-order valence-electron chi connectivity index (χ2n) is 5.43. The van der Waals surface area contributed by atoms with E-state index in [0.29, 0.717) is 0 Å². The molecule has 2 aromatic heterocycles. The van der Waals surface area contributed by atoms with Crippen LogP contribution < -0.4 is 10.2 Å². The Morgan fingerprint density at radius 1 is 1.33 bits per heavy atom. The SMILES string of the molecule is CNCc1oc(CN2CCN(c3nccs3)CC2)cc1C. The molecule has 2 aromatic rings. The van der Waals surface area contributed by atoms with Gasteiger partial charge in [0.1, 0.15) is 11.5 Å². The summed E-state index contributed by atoms with van der Waals surface area (Å²) < 4.78 is 5.93. The summed E-state index contributed by atoms with van der Waals surface area (Å²) in [6.45, 7) is 7.99. The van der Waals surface area contributed by atoms with Crippen LogP contribution in [0.2, 0.25) is 0 Å². The number of hydrogen-bond donors (Lipinski definition) is 1. The molecule has 1 N–H and O–H groups in total. The van der Waals surface area contributed by atoms with Crippen LogP contribution >= 0.6 is 11.3 Å². The number of piperazine rings is 1. The standard InChI is InChI=1S/C15H22N4OS/c1-12-9-13(20-14(12)10-16-2)11-18-4-6-19(7-5-18)15-17-3-8-21-15/h3,8-9,16H,4-7,10-11H2,1-2H3. The zero-order valence-corrected chi connectivity index (χ0v) is 13.4. The van der Waals surface area contributed by atoms with E-state index < -0.39 is 0 Å². The lowest BCUT2D eigenvalue weighted by atomic mass is 10.2. The first-order valence-corrected chi connectivity index (χ1v) is 8.24. The number of anilines is 1. The number of rotatable bonds is 5. The Bertz CT molecular complexity index is 558. The normalized spacial score (nSPS) is 16.6. The second-order valence-corrected chi connectivity index (χ2v) is 6.30. The van der Waals surface area contributed by atoms with Crippen molar-refractivity contribution in [2.75, 3.05) is 38.1 Å².